The molecular formula is C20H20N4O2. The summed E-state index contributed by atoms with van der Waals surface area (Å²) < 4.78 is 7.08. The van der Waals surface area contributed by atoms with E-state index < -0.39 is 0 Å². The van der Waals surface area contributed by atoms with E-state index in [1.807, 2.05) is 42.5 Å². The predicted octanol–water partition coefficient (Wildman–Crippen LogP) is 3.70. The van der Waals surface area contributed by atoms with Crippen molar-refractivity contribution in [3.05, 3.63) is 71.9 Å². The first-order valence-corrected chi connectivity index (χ1v) is 8.62. The molecule has 2 aromatic carbocycles. The maximum Gasteiger partial charge on any atom is 0.276 e. The molecule has 0 spiro atoms. The van der Waals surface area contributed by atoms with E-state index in [4.69, 9.17) is 4.74 Å². The lowest BCUT2D eigenvalue weighted by molar-refractivity contribution is 0.102. The summed E-state index contributed by atoms with van der Waals surface area (Å²) in [5.41, 5.74) is 3.30. The molecule has 0 saturated heterocycles. The van der Waals surface area contributed by atoms with Crippen LogP contribution in [0.5, 0.6) is 5.88 Å². The second kappa shape index (κ2) is 6.92. The molecule has 0 fully saturated rings. The fraction of sp³-hybridized carbons (Fsp3) is 0.200. The Morgan fingerprint density at radius 1 is 1.12 bits per heavy atom. The Bertz CT molecular complexity index is 882. The molecule has 26 heavy (non-hydrogen) atoms. The highest BCUT2D eigenvalue weighted by Gasteiger charge is 2.19. The third kappa shape index (κ3) is 3.39. The highest BCUT2D eigenvalue weighted by molar-refractivity contribution is 6.03. The maximum absolute atomic E-state index is 12.3. The van der Waals surface area contributed by atoms with Crippen LogP contribution >= 0.6 is 0 Å². The molecule has 2 N–H and O–H groups in total. The Labute approximate surface area is 151 Å². The van der Waals surface area contributed by atoms with Gasteiger partial charge in [0.1, 0.15) is 6.61 Å². The molecule has 0 saturated carbocycles. The van der Waals surface area contributed by atoms with Crippen LogP contribution in [0, 0.1) is 0 Å². The Balaban J connectivity index is 1.38. The van der Waals surface area contributed by atoms with Crippen LogP contribution in [0.15, 0.2) is 60.7 Å². The summed E-state index contributed by atoms with van der Waals surface area (Å²) in [6, 6.07) is 19.8. The molecule has 6 heteroatoms. The van der Waals surface area contributed by atoms with Crippen LogP contribution in [0.2, 0.25) is 0 Å². The fourth-order valence-corrected chi connectivity index (χ4v) is 2.94. The van der Waals surface area contributed by atoms with Gasteiger partial charge < -0.3 is 15.4 Å². The summed E-state index contributed by atoms with van der Waals surface area (Å²) in [5.74, 6) is 0.401. The minimum atomic E-state index is -0.242. The monoisotopic (exact) mass is 348 g/mol. The van der Waals surface area contributed by atoms with Gasteiger partial charge in [-0.2, -0.15) is 5.10 Å². The van der Waals surface area contributed by atoms with Crippen LogP contribution in [-0.2, 0) is 6.54 Å². The molecule has 1 atom stereocenters. The number of hydrogen-bond donors (Lipinski definition) is 2. The van der Waals surface area contributed by atoms with Crippen LogP contribution in [0.3, 0.4) is 0 Å². The first-order chi connectivity index (χ1) is 12.7. The number of nitrogens with zero attached hydrogens (tertiary/aromatic N) is 2. The topological polar surface area (TPSA) is 68.2 Å². The zero-order valence-corrected chi connectivity index (χ0v) is 14.5. The van der Waals surface area contributed by atoms with Crippen molar-refractivity contribution in [1.82, 2.24) is 9.78 Å². The molecule has 0 bridgehead atoms. The van der Waals surface area contributed by atoms with E-state index in [1.54, 1.807) is 10.7 Å². The molecule has 2 heterocycles. The average Bonchev–Trinajstić information content (AvgIpc) is 3.26. The number of nitrogens with one attached hydrogen (secondary N) is 2. The largest absolute Gasteiger partial charge is 0.476 e. The number of fused-ring (bicyclic) bond motifs is 1. The minimum absolute atomic E-state index is 0.199. The first kappa shape index (κ1) is 16.2. The van der Waals surface area contributed by atoms with E-state index in [-0.39, 0.29) is 11.9 Å². The van der Waals surface area contributed by atoms with Crippen molar-refractivity contribution < 1.29 is 9.53 Å². The zero-order chi connectivity index (χ0) is 17.9. The Hall–Kier alpha value is -3.28. The molecular weight excluding hydrogens is 328 g/mol. The standard InChI is InChI=1S/C20H20N4O2/c1-14(15-5-3-2-4-6-15)21-16-7-9-17(10-8-16)22-20(25)18-13-19-24(23-18)11-12-26-19/h2-10,13-14,21H,11-12H2,1H3,(H,22,25). The van der Waals surface area contributed by atoms with Gasteiger partial charge in [0, 0.05) is 23.5 Å². The van der Waals surface area contributed by atoms with Gasteiger partial charge in [-0.1, -0.05) is 30.3 Å². The number of rotatable bonds is 5. The Morgan fingerprint density at radius 2 is 1.85 bits per heavy atom. The summed E-state index contributed by atoms with van der Waals surface area (Å²) in [4.78, 5) is 12.3. The summed E-state index contributed by atoms with van der Waals surface area (Å²) in [5, 5.41) is 10.6. The van der Waals surface area contributed by atoms with Gasteiger partial charge in [-0.05, 0) is 36.8 Å². The van der Waals surface area contributed by atoms with Crippen molar-refractivity contribution in [2.75, 3.05) is 17.2 Å². The lowest BCUT2D eigenvalue weighted by Gasteiger charge is -2.16. The number of hydrogen-bond acceptors (Lipinski definition) is 4. The van der Waals surface area contributed by atoms with E-state index >= 15 is 0 Å². The first-order valence-electron chi connectivity index (χ1n) is 8.62. The van der Waals surface area contributed by atoms with E-state index in [0.717, 1.165) is 11.4 Å². The molecule has 0 aliphatic carbocycles. The van der Waals surface area contributed by atoms with Crippen molar-refractivity contribution in [2.45, 2.75) is 19.5 Å². The molecule has 0 radical (unpaired) electrons. The van der Waals surface area contributed by atoms with Gasteiger partial charge in [0.2, 0.25) is 5.88 Å². The number of benzene rings is 2. The van der Waals surface area contributed by atoms with Crippen LogP contribution in [0.4, 0.5) is 11.4 Å². The number of aromatic nitrogens is 2. The molecule has 6 nitrogen and oxygen atoms in total. The molecule has 3 aromatic rings. The SMILES string of the molecule is CC(Nc1ccc(NC(=O)c2cc3n(n2)CCO3)cc1)c1ccccc1. The number of amides is 1. The van der Waals surface area contributed by atoms with Crippen LogP contribution in [0.1, 0.15) is 29.0 Å². The number of carbonyl (C=O) groups excluding carboxylic acids is 1. The van der Waals surface area contributed by atoms with Crippen molar-refractivity contribution >= 4 is 17.3 Å². The second-order valence-corrected chi connectivity index (χ2v) is 6.25. The number of ether oxygens (including phenoxy) is 1. The summed E-state index contributed by atoms with van der Waals surface area (Å²) in [6.07, 6.45) is 0. The van der Waals surface area contributed by atoms with Gasteiger partial charge in [0.15, 0.2) is 5.69 Å². The van der Waals surface area contributed by atoms with E-state index in [0.29, 0.717) is 24.7 Å². The third-order valence-corrected chi connectivity index (χ3v) is 4.35. The smallest absolute Gasteiger partial charge is 0.276 e. The van der Waals surface area contributed by atoms with Crippen LogP contribution in [-0.4, -0.2) is 22.3 Å². The number of carbonyl (C=O) groups is 1. The van der Waals surface area contributed by atoms with Crippen molar-refractivity contribution in [2.24, 2.45) is 0 Å². The van der Waals surface area contributed by atoms with Gasteiger partial charge in [0.25, 0.3) is 5.91 Å². The quantitative estimate of drug-likeness (QED) is 0.738. The molecule has 1 aliphatic rings. The van der Waals surface area contributed by atoms with Gasteiger partial charge in [0.05, 0.1) is 6.54 Å². The summed E-state index contributed by atoms with van der Waals surface area (Å²) in [7, 11) is 0. The van der Waals surface area contributed by atoms with Gasteiger partial charge >= 0.3 is 0 Å². The molecule has 132 valence electrons. The lowest BCUT2D eigenvalue weighted by Crippen LogP contribution is -2.13. The average molecular weight is 348 g/mol. The summed E-state index contributed by atoms with van der Waals surface area (Å²) in [6.45, 7) is 3.41. The molecule has 4 rings (SSSR count). The number of anilines is 2. The second-order valence-electron chi connectivity index (χ2n) is 6.25. The van der Waals surface area contributed by atoms with Crippen molar-refractivity contribution in [3.63, 3.8) is 0 Å². The zero-order valence-electron chi connectivity index (χ0n) is 14.5. The van der Waals surface area contributed by atoms with E-state index in [1.165, 1.54) is 5.56 Å². The molecule has 1 amide bonds. The van der Waals surface area contributed by atoms with Crippen LogP contribution < -0.4 is 15.4 Å². The lowest BCUT2D eigenvalue weighted by atomic mass is 10.1. The van der Waals surface area contributed by atoms with Gasteiger partial charge in [-0.15, -0.1) is 0 Å². The Kier molecular flexibility index (Phi) is 4.31. The maximum atomic E-state index is 12.3. The fourth-order valence-electron chi connectivity index (χ4n) is 2.94. The van der Waals surface area contributed by atoms with Crippen molar-refractivity contribution in [1.29, 1.82) is 0 Å². The van der Waals surface area contributed by atoms with E-state index in [2.05, 4.69) is 34.8 Å². The predicted molar refractivity (Wildman–Crippen MR) is 101 cm³/mol. The van der Waals surface area contributed by atoms with Crippen molar-refractivity contribution in [3.8, 4) is 5.88 Å². The molecule has 1 aliphatic heterocycles. The molecule has 1 unspecified atom stereocenters. The van der Waals surface area contributed by atoms with E-state index in [9.17, 15) is 4.79 Å². The highest BCUT2D eigenvalue weighted by atomic mass is 16.5. The Morgan fingerprint density at radius 3 is 2.58 bits per heavy atom. The van der Waals surface area contributed by atoms with Gasteiger partial charge in [-0.3, -0.25) is 4.79 Å². The molecule has 1 aromatic heterocycles. The minimum Gasteiger partial charge on any atom is -0.476 e. The van der Waals surface area contributed by atoms with Crippen LogP contribution in [0.25, 0.3) is 0 Å². The van der Waals surface area contributed by atoms with Gasteiger partial charge in [-0.25, -0.2) is 4.68 Å². The normalized spacial score (nSPS) is 13.6. The third-order valence-electron chi connectivity index (χ3n) is 4.35. The summed E-state index contributed by atoms with van der Waals surface area (Å²) >= 11 is 0. The highest BCUT2D eigenvalue weighted by Crippen LogP contribution is 2.22.